The fourth-order valence-electron chi connectivity index (χ4n) is 2.64. The highest BCUT2D eigenvalue weighted by Gasteiger charge is 2.21. The van der Waals surface area contributed by atoms with Crippen LogP contribution in [0.25, 0.3) is 5.69 Å². The minimum atomic E-state index is -0.683. The molecule has 0 N–H and O–H groups in total. The second kappa shape index (κ2) is 8.46. The van der Waals surface area contributed by atoms with Crippen LogP contribution in [0.2, 0.25) is 10.0 Å². The summed E-state index contributed by atoms with van der Waals surface area (Å²) in [4.78, 5) is 14.2. The number of hydrogen-bond acceptors (Lipinski definition) is 3. The van der Waals surface area contributed by atoms with E-state index in [4.69, 9.17) is 27.9 Å². The van der Waals surface area contributed by atoms with Gasteiger partial charge in [-0.05, 0) is 37.3 Å². The van der Waals surface area contributed by atoms with Gasteiger partial charge in [-0.2, -0.15) is 5.10 Å². The van der Waals surface area contributed by atoms with Crippen LogP contribution in [0.1, 0.15) is 12.5 Å². The highest BCUT2D eigenvalue weighted by Crippen LogP contribution is 2.28. The van der Waals surface area contributed by atoms with E-state index in [-0.39, 0.29) is 5.91 Å². The predicted octanol–water partition coefficient (Wildman–Crippen LogP) is 4.61. The van der Waals surface area contributed by atoms with Crippen molar-refractivity contribution in [3.8, 4) is 11.4 Å². The van der Waals surface area contributed by atoms with Gasteiger partial charge in [0, 0.05) is 30.4 Å². The number of ether oxygens (including phenoxy) is 1. The highest BCUT2D eigenvalue weighted by molar-refractivity contribution is 6.35. The SMILES string of the molecule is CC(Oc1ccc(Cl)cc1Cl)C(=O)N(C)Cc1cnn(-c2ccccc2)c1. The third-order valence-corrected chi connectivity index (χ3v) is 4.53. The highest BCUT2D eigenvalue weighted by atomic mass is 35.5. The van der Waals surface area contributed by atoms with E-state index in [1.54, 1.807) is 47.9 Å². The minimum absolute atomic E-state index is 0.159. The Kier molecular flexibility index (Phi) is 6.04. The molecule has 140 valence electrons. The Morgan fingerprint density at radius 3 is 2.67 bits per heavy atom. The second-order valence-electron chi connectivity index (χ2n) is 6.16. The van der Waals surface area contributed by atoms with Gasteiger partial charge in [0.1, 0.15) is 5.75 Å². The van der Waals surface area contributed by atoms with E-state index in [9.17, 15) is 4.79 Å². The average Bonchev–Trinajstić information content (AvgIpc) is 3.12. The summed E-state index contributed by atoms with van der Waals surface area (Å²) in [7, 11) is 1.73. The van der Waals surface area contributed by atoms with Gasteiger partial charge in [-0.1, -0.05) is 41.4 Å². The molecule has 1 unspecified atom stereocenters. The first-order valence-electron chi connectivity index (χ1n) is 8.39. The number of benzene rings is 2. The zero-order valence-corrected chi connectivity index (χ0v) is 16.5. The van der Waals surface area contributed by atoms with Crippen molar-refractivity contribution in [1.29, 1.82) is 0 Å². The smallest absolute Gasteiger partial charge is 0.263 e. The van der Waals surface area contributed by atoms with Gasteiger partial charge in [-0.3, -0.25) is 4.79 Å². The molecule has 0 saturated carbocycles. The van der Waals surface area contributed by atoms with Crippen molar-refractivity contribution in [3.05, 3.63) is 76.5 Å². The molecule has 1 atom stereocenters. The zero-order valence-electron chi connectivity index (χ0n) is 15.0. The fraction of sp³-hybridized carbons (Fsp3) is 0.200. The van der Waals surface area contributed by atoms with Crippen molar-refractivity contribution in [2.45, 2.75) is 19.6 Å². The number of likely N-dealkylation sites (N-methyl/N-ethyl adjacent to an activating group) is 1. The molecule has 0 aliphatic carbocycles. The van der Waals surface area contributed by atoms with E-state index in [0.717, 1.165) is 11.3 Å². The summed E-state index contributed by atoms with van der Waals surface area (Å²) >= 11 is 12.0. The molecule has 0 aliphatic rings. The summed E-state index contributed by atoms with van der Waals surface area (Å²) in [5.41, 5.74) is 1.89. The molecule has 27 heavy (non-hydrogen) atoms. The number of carbonyl (C=O) groups excluding carboxylic acids is 1. The van der Waals surface area contributed by atoms with E-state index in [1.165, 1.54) is 0 Å². The lowest BCUT2D eigenvalue weighted by Gasteiger charge is -2.22. The number of para-hydroxylation sites is 1. The topological polar surface area (TPSA) is 47.4 Å². The Labute approximate surface area is 168 Å². The fourth-order valence-corrected chi connectivity index (χ4v) is 3.09. The number of halogens is 2. The Morgan fingerprint density at radius 2 is 1.96 bits per heavy atom. The van der Waals surface area contributed by atoms with Crippen molar-refractivity contribution in [3.63, 3.8) is 0 Å². The molecule has 7 heteroatoms. The van der Waals surface area contributed by atoms with Crippen LogP contribution in [-0.2, 0) is 11.3 Å². The van der Waals surface area contributed by atoms with E-state index in [2.05, 4.69) is 5.10 Å². The van der Waals surface area contributed by atoms with Gasteiger partial charge in [0.15, 0.2) is 6.10 Å². The normalized spacial score (nSPS) is 11.9. The third kappa shape index (κ3) is 4.81. The van der Waals surface area contributed by atoms with Crippen LogP contribution in [0.4, 0.5) is 0 Å². The van der Waals surface area contributed by atoms with Crippen LogP contribution >= 0.6 is 23.2 Å². The van der Waals surface area contributed by atoms with E-state index >= 15 is 0 Å². The lowest BCUT2D eigenvalue weighted by Crippen LogP contribution is -2.37. The summed E-state index contributed by atoms with van der Waals surface area (Å²) in [6.07, 6.45) is 2.97. The van der Waals surface area contributed by atoms with Crippen LogP contribution in [-0.4, -0.2) is 33.7 Å². The number of hydrogen-bond donors (Lipinski definition) is 0. The quantitative estimate of drug-likeness (QED) is 0.603. The molecule has 1 amide bonds. The summed E-state index contributed by atoms with van der Waals surface area (Å²) < 4.78 is 7.47. The molecule has 1 aromatic heterocycles. The molecule has 0 aliphatic heterocycles. The Balaban J connectivity index is 1.62. The molecule has 1 heterocycles. The number of aromatic nitrogens is 2. The number of amides is 1. The van der Waals surface area contributed by atoms with Crippen LogP contribution in [0.15, 0.2) is 60.9 Å². The summed E-state index contributed by atoms with van der Waals surface area (Å²) in [6, 6.07) is 14.7. The van der Waals surface area contributed by atoms with Crippen LogP contribution in [0.5, 0.6) is 5.75 Å². The lowest BCUT2D eigenvalue weighted by molar-refractivity contribution is -0.137. The van der Waals surface area contributed by atoms with E-state index in [1.807, 2.05) is 36.5 Å². The average molecular weight is 404 g/mol. The maximum Gasteiger partial charge on any atom is 0.263 e. The molecule has 0 spiro atoms. The van der Waals surface area contributed by atoms with Crippen LogP contribution < -0.4 is 4.74 Å². The first-order chi connectivity index (χ1) is 12.9. The van der Waals surface area contributed by atoms with E-state index < -0.39 is 6.10 Å². The molecule has 0 bridgehead atoms. The first-order valence-corrected chi connectivity index (χ1v) is 9.15. The van der Waals surface area contributed by atoms with Gasteiger partial charge < -0.3 is 9.64 Å². The number of carbonyl (C=O) groups is 1. The largest absolute Gasteiger partial charge is 0.479 e. The molecule has 0 fully saturated rings. The summed E-state index contributed by atoms with van der Waals surface area (Å²) in [6.45, 7) is 2.12. The van der Waals surface area contributed by atoms with Crippen molar-refractivity contribution < 1.29 is 9.53 Å². The number of rotatable bonds is 6. The zero-order chi connectivity index (χ0) is 19.4. The van der Waals surface area contributed by atoms with E-state index in [0.29, 0.717) is 22.3 Å². The Morgan fingerprint density at radius 1 is 1.22 bits per heavy atom. The summed E-state index contributed by atoms with van der Waals surface area (Å²) in [5.74, 6) is 0.265. The predicted molar refractivity (Wildman–Crippen MR) is 107 cm³/mol. The molecular formula is C20H19Cl2N3O2. The third-order valence-electron chi connectivity index (χ3n) is 4.00. The van der Waals surface area contributed by atoms with Crippen LogP contribution in [0.3, 0.4) is 0 Å². The Bertz CT molecular complexity index is 928. The maximum atomic E-state index is 12.6. The van der Waals surface area contributed by atoms with Crippen LogP contribution in [0, 0.1) is 0 Å². The monoisotopic (exact) mass is 403 g/mol. The second-order valence-corrected chi connectivity index (χ2v) is 7.00. The molecule has 3 rings (SSSR count). The minimum Gasteiger partial charge on any atom is -0.479 e. The van der Waals surface area contributed by atoms with Gasteiger partial charge in [-0.25, -0.2) is 4.68 Å². The first kappa shape index (κ1) is 19.3. The van der Waals surface area contributed by atoms with Crippen molar-refractivity contribution in [2.24, 2.45) is 0 Å². The van der Waals surface area contributed by atoms with Gasteiger partial charge in [-0.15, -0.1) is 0 Å². The van der Waals surface area contributed by atoms with Crippen molar-refractivity contribution >= 4 is 29.1 Å². The molecule has 3 aromatic rings. The van der Waals surface area contributed by atoms with Gasteiger partial charge in [0.25, 0.3) is 5.91 Å². The lowest BCUT2D eigenvalue weighted by atomic mass is 10.3. The van der Waals surface area contributed by atoms with Crippen molar-refractivity contribution in [1.82, 2.24) is 14.7 Å². The summed E-state index contributed by atoms with van der Waals surface area (Å²) in [5, 5.41) is 5.23. The molecule has 0 radical (unpaired) electrons. The standard InChI is InChI=1S/C20H19Cl2N3O2/c1-14(27-19-9-8-16(21)10-18(19)22)20(26)24(2)12-15-11-23-25(13-15)17-6-4-3-5-7-17/h3-11,13-14H,12H2,1-2H3. The Hall–Kier alpha value is -2.50. The molecule has 5 nitrogen and oxygen atoms in total. The molecular weight excluding hydrogens is 385 g/mol. The number of nitrogens with zero attached hydrogens (tertiary/aromatic N) is 3. The molecule has 0 saturated heterocycles. The van der Waals surface area contributed by atoms with Gasteiger partial charge in [0.2, 0.25) is 0 Å². The van der Waals surface area contributed by atoms with Crippen molar-refractivity contribution in [2.75, 3.05) is 7.05 Å². The maximum absolute atomic E-state index is 12.6. The van der Waals surface area contributed by atoms with Gasteiger partial charge in [0.05, 0.1) is 16.9 Å². The molecule has 2 aromatic carbocycles. The van der Waals surface area contributed by atoms with Gasteiger partial charge >= 0.3 is 0 Å².